The maximum atomic E-state index is 10.8. The number of aliphatic carboxylic acids is 2. The van der Waals surface area contributed by atoms with Gasteiger partial charge in [-0.05, 0) is 0 Å². The van der Waals surface area contributed by atoms with Gasteiger partial charge in [-0.1, -0.05) is 21.6 Å². The molecule has 18 heavy (non-hydrogen) atoms. The van der Waals surface area contributed by atoms with Crippen LogP contribution in [-0.2, 0) is 9.59 Å². The maximum Gasteiger partial charge on any atom is 0.328 e. The first kappa shape index (κ1) is 16.7. The number of carbonyl (C=O) groups is 2. The van der Waals surface area contributed by atoms with Crippen molar-refractivity contribution in [1.82, 2.24) is 5.43 Å². The minimum Gasteiger partial charge on any atom is -0.480 e. The molecule has 0 radical (unpaired) electrons. The number of carboxylic acid groups (broad SMARTS) is 2. The third kappa shape index (κ3) is 7.86. The monoisotopic (exact) mass is 297 g/mol. The van der Waals surface area contributed by atoms with E-state index in [9.17, 15) is 9.59 Å². The highest BCUT2D eigenvalue weighted by Crippen LogP contribution is 2.22. The van der Waals surface area contributed by atoms with E-state index in [0.717, 1.165) is 0 Å². The third-order valence-corrected chi connectivity index (χ3v) is 3.98. The molecule has 11 heteroatoms. The van der Waals surface area contributed by atoms with E-state index < -0.39 is 24.0 Å². The highest BCUT2D eigenvalue weighted by atomic mass is 33.1. The average Bonchev–Trinajstić information content (AvgIpc) is 2.26. The van der Waals surface area contributed by atoms with Crippen LogP contribution >= 0.6 is 21.6 Å². The smallest absolute Gasteiger partial charge is 0.328 e. The van der Waals surface area contributed by atoms with Crippen molar-refractivity contribution < 1.29 is 19.8 Å². The topological polar surface area (TPSA) is 177 Å². The van der Waals surface area contributed by atoms with Gasteiger partial charge in [0, 0.05) is 11.5 Å². The highest BCUT2D eigenvalue weighted by molar-refractivity contribution is 8.76. The summed E-state index contributed by atoms with van der Waals surface area (Å²) in [6.07, 6.45) is 0. The lowest BCUT2D eigenvalue weighted by molar-refractivity contribution is -0.139. The van der Waals surface area contributed by atoms with Crippen molar-refractivity contribution in [3.05, 3.63) is 0 Å². The summed E-state index contributed by atoms with van der Waals surface area (Å²) in [5.74, 6) is -2.16. The van der Waals surface area contributed by atoms with Crippen LogP contribution in [0.25, 0.3) is 0 Å². The standard InChI is InChI=1S/C7H15N5O4S2/c8-3(5(13)14)1-17-18-2-4(6(15)16)11-12-7(9)10/h3-4,11H,1-2,8H2,(H,13,14)(H,15,16)(H4,9,10,12)/t3?,4-/m0/s1. The van der Waals surface area contributed by atoms with Crippen molar-refractivity contribution >= 4 is 39.5 Å². The molecule has 0 aliphatic heterocycles. The fourth-order valence-electron chi connectivity index (χ4n) is 0.625. The van der Waals surface area contributed by atoms with Gasteiger partial charge in [0.2, 0.25) is 5.96 Å². The largest absolute Gasteiger partial charge is 0.480 e. The molecule has 0 spiro atoms. The van der Waals surface area contributed by atoms with Crippen LogP contribution in [0, 0.1) is 0 Å². The molecule has 0 aliphatic rings. The Labute approximate surface area is 111 Å². The fourth-order valence-corrected chi connectivity index (χ4v) is 2.89. The summed E-state index contributed by atoms with van der Waals surface area (Å²) in [5.41, 5.74) is 17.7. The van der Waals surface area contributed by atoms with Crippen LogP contribution in [0.1, 0.15) is 0 Å². The molecule has 0 bridgehead atoms. The molecule has 0 saturated carbocycles. The Morgan fingerprint density at radius 1 is 1.17 bits per heavy atom. The van der Waals surface area contributed by atoms with E-state index in [-0.39, 0.29) is 17.5 Å². The Hall–Kier alpha value is -1.33. The Morgan fingerprint density at radius 3 is 2.17 bits per heavy atom. The van der Waals surface area contributed by atoms with Crippen molar-refractivity contribution in [3.63, 3.8) is 0 Å². The molecule has 0 heterocycles. The predicted molar refractivity (Wildman–Crippen MR) is 70.9 cm³/mol. The van der Waals surface area contributed by atoms with Crippen LogP contribution < -0.4 is 22.6 Å². The second-order valence-electron chi connectivity index (χ2n) is 3.07. The summed E-state index contributed by atoms with van der Waals surface area (Å²) in [5, 5.41) is 20.7. The lowest BCUT2D eigenvalue weighted by atomic mass is 10.4. The van der Waals surface area contributed by atoms with Crippen LogP contribution in [0.4, 0.5) is 0 Å². The maximum absolute atomic E-state index is 10.8. The van der Waals surface area contributed by atoms with E-state index in [1.54, 1.807) is 0 Å². The average molecular weight is 297 g/mol. The normalized spacial score (nSPS) is 13.4. The van der Waals surface area contributed by atoms with Gasteiger partial charge in [-0.25, -0.2) is 4.79 Å². The van der Waals surface area contributed by atoms with Crippen LogP contribution in [-0.4, -0.2) is 51.7 Å². The van der Waals surface area contributed by atoms with Gasteiger partial charge in [0.25, 0.3) is 0 Å². The van der Waals surface area contributed by atoms with Gasteiger partial charge in [0.15, 0.2) is 6.04 Å². The minimum absolute atomic E-state index is 0.156. The lowest BCUT2D eigenvalue weighted by Gasteiger charge is -2.11. The molecule has 1 unspecified atom stereocenters. The third-order valence-electron chi connectivity index (χ3n) is 1.53. The summed E-state index contributed by atoms with van der Waals surface area (Å²) >= 11 is 0. The fraction of sp³-hybridized carbons (Fsp3) is 0.571. The second kappa shape index (κ2) is 8.72. The van der Waals surface area contributed by atoms with Crippen LogP contribution in [0.15, 0.2) is 5.10 Å². The number of hydrazone groups is 1. The van der Waals surface area contributed by atoms with Crippen molar-refractivity contribution in [1.29, 1.82) is 0 Å². The van der Waals surface area contributed by atoms with Gasteiger partial charge in [-0.2, -0.15) is 0 Å². The molecule has 9 N–H and O–H groups in total. The van der Waals surface area contributed by atoms with Crippen LogP contribution in [0.3, 0.4) is 0 Å². The number of nitrogens with two attached hydrogens (primary N) is 3. The number of rotatable bonds is 9. The Morgan fingerprint density at radius 2 is 1.72 bits per heavy atom. The molecule has 0 aromatic carbocycles. The van der Waals surface area contributed by atoms with Gasteiger partial charge >= 0.3 is 11.9 Å². The SMILES string of the molecule is NC(N)=NN[C@@H](CSSCC(N)C(=O)O)C(=O)O. The van der Waals surface area contributed by atoms with E-state index in [1.165, 1.54) is 21.6 Å². The van der Waals surface area contributed by atoms with E-state index >= 15 is 0 Å². The van der Waals surface area contributed by atoms with Gasteiger partial charge in [-0.3, -0.25) is 10.2 Å². The molecule has 2 atom stereocenters. The van der Waals surface area contributed by atoms with Crippen LogP contribution in [0.5, 0.6) is 0 Å². The molecular formula is C7H15N5O4S2. The first-order valence-electron chi connectivity index (χ1n) is 4.64. The number of hydrogen-bond acceptors (Lipinski definition) is 7. The van der Waals surface area contributed by atoms with Gasteiger partial charge in [0.1, 0.15) is 6.04 Å². The van der Waals surface area contributed by atoms with E-state index in [2.05, 4.69) is 10.5 Å². The van der Waals surface area contributed by atoms with Crippen molar-refractivity contribution in [2.45, 2.75) is 12.1 Å². The number of nitrogens with zero attached hydrogens (tertiary/aromatic N) is 1. The highest BCUT2D eigenvalue weighted by Gasteiger charge is 2.18. The van der Waals surface area contributed by atoms with Crippen molar-refractivity contribution in [2.24, 2.45) is 22.3 Å². The molecule has 0 aromatic heterocycles. The zero-order chi connectivity index (χ0) is 14.1. The summed E-state index contributed by atoms with van der Waals surface area (Å²) in [7, 11) is 2.33. The number of carboxylic acids is 2. The molecular weight excluding hydrogens is 282 g/mol. The number of nitrogens with one attached hydrogen (secondary N) is 1. The molecule has 9 nitrogen and oxygen atoms in total. The number of guanidine groups is 1. The first-order valence-corrected chi connectivity index (χ1v) is 7.13. The first-order chi connectivity index (χ1) is 8.34. The molecule has 0 aromatic rings. The predicted octanol–water partition coefficient (Wildman–Crippen LogP) is -1.99. The molecule has 0 amide bonds. The van der Waals surface area contributed by atoms with Gasteiger partial charge in [0.05, 0.1) is 0 Å². The number of hydrogen-bond donors (Lipinski definition) is 6. The van der Waals surface area contributed by atoms with Crippen molar-refractivity contribution in [2.75, 3.05) is 11.5 Å². The van der Waals surface area contributed by atoms with Gasteiger partial charge < -0.3 is 27.4 Å². The Balaban J connectivity index is 3.95. The Kier molecular flexibility index (Phi) is 8.07. The van der Waals surface area contributed by atoms with Gasteiger partial charge in [-0.15, -0.1) is 5.10 Å². The zero-order valence-corrected chi connectivity index (χ0v) is 10.9. The lowest BCUT2D eigenvalue weighted by Crippen LogP contribution is -2.38. The molecule has 104 valence electrons. The zero-order valence-electron chi connectivity index (χ0n) is 9.28. The summed E-state index contributed by atoms with van der Waals surface area (Å²) in [6.45, 7) is 0. The molecule has 0 saturated heterocycles. The van der Waals surface area contributed by atoms with E-state index in [0.29, 0.717) is 0 Å². The van der Waals surface area contributed by atoms with Crippen LogP contribution in [0.2, 0.25) is 0 Å². The summed E-state index contributed by atoms with van der Waals surface area (Å²) < 4.78 is 0. The molecule has 0 rings (SSSR count). The Bertz CT molecular complexity index is 323. The minimum atomic E-state index is -1.12. The summed E-state index contributed by atoms with van der Waals surface area (Å²) in [6, 6.07) is -1.94. The van der Waals surface area contributed by atoms with E-state index in [1.807, 2.05) is 0 Å². The van der Waals surface area contributed by atoms with Crippen molar-refractivity contribution in [3.8, 4) is 0 Å². The summed E-state index contributed by atoms with van der Waals surface area (Å²) in [4.78, 5) is 21.2. The molecule has 0 aliphatic carbocycles. The molecule has 0 fully saturated rings. The second-order valence-corrected chi connectivity index (χ2v) is 5.62. The van der Waals surface area contributed by atoms with E-state index in [4.69, 9.17) is 27.4 Å². The quantitative estimate of drug-likeness (QED) is 0.0917.